The zero-order valence-corrected chi connectivity index (χ0v) is 9.09. The van der Waals surface area contributed by atoms with E-state index in [0.29, 0.717) is 30.8 Å². The summed E-state index contributed by atoms with van der Waals surface area (Å²) in [6, 6.07) is 4.39. The highest BCUT2D eigenvalue weighted by Crippen LogP contribution is 2.26. The summed E-state index contributed by atoms with van der Waals surface area (Å²) in [4.78, 5) is 20.2. The monoisotopic (exact) mass is 239 g/mol. The molecule has 1 aromatic rings. The fraction of sp³-hybridized carbons (Fsp3) is 0.300. The third-order valence-electron chi connectivity index (χ3n) is 1.97. The zero-order chi connectivity index (χ0) is 12.7. The maximum atomic E-state index is 10.7. The van der Waals surface area contributed by atoms with E-state index >= 15 is 0 Å². The Bertz CT molecular complexity index is 409. The predicted molar refractivity (Wildman–Crippen MR) is 62.9 cm³/mol. The van der Waals surface area contributed by atoms with E-state index in [1.54, 1.807) is 6.07 Å². The van der Waals surface area contributed by atoms with Gasteiger partial charge in [-0.15, -0.1) is 0 Å². The van der Waals surface area contributed by atoms with Gasteiger partial charge in [0.05, 0.1) is 11.5 Å². The summed E-state index contributed by atoms with van der Waals surface area (Å²) in [6.07, 6.45) is 0.645. The molecule has 17 heavy (non-hydrogen) atoms. The van der Waals surface area contributed by atoms with Crippen molar-refractivity contribution in [2.24, 2.45) is 0 Å². The van der Waals surface area contributed by atoms with Crippen LogP contribution in [-0.4, -0.2) is 31.0 Å². The number of aldehydes is 1. The fourth-order valence-corrected chi connectivity index (χ4v) is 1.24. The van der Waals surface area contributed by atoms with Crippen LogP contribution < -0.4 is 11.1 Å². The normalized spacial score (nSPS) is 9.88. The van der Waals surface area contributed by atoms with E-state index in [1.807, 2.05) is 0 Å². The number of ether oxygens (including phenoxy) is 1. The number of carbonyl (C=O) groups is 1. The highest BCUT2D eigenvalue weighted by atomic mass is 16.6. The van der Waals surface area contributed by atoms with Crippen LogP contribution >= 0.6 is 0 Å². The van der Waals surface area contributed by atoms with Gasteiger partial charge in [0.25, 0.3) is 5.69 Å². The van der Waals surface area contributed by atoms with Crippen molar-refractivity contribution in [3.63, 3.8) is 0 Å². The number of benzene rings is 1. The minimum atomic E-state index is -0.509. The van der Waals surface area contributed by atoms with Crippen molar-refractivity contribution >= 4 is 23.3 Å². The first kappa shape index (κ1) is 12.9. The molecule has 0 aliphatic heterocycles. The van der Waals surface area contributed by atoms with E-state index in [9.17, 15) is 14.9 Å². The molecule has 0 saturated carbocycles. The van der Waals surface area contributed by atoms with Gasteiger partial charge in [0.2, 0.25) is 0 Å². The number of hydrogen-bond acceptors (Lipinski definition) is 6. The van der Waals surface area contributed by atoms with Crippen LogP contribution in [0.15, 0.2) is 18.2 Å². The molecule has 0 radical (unpaired) electrons. The number of nitro groups is 1. The average molecular weight is 239 g/mol. The van der Waals surface area contributed by atoms with Gasteiger partial charge in [-0.25, -0.2) is 0 Å². The molecule has 0 atom stereocenters. The van der Waals surface area contributed by atoms with E-state index < -0.39 is 4.92 Å². The molecule has 0 heterocycles. The molecule has 7 heteroatoms. The zero-order valence-electron chi connectivity index (χ0n) is 9.09. The van der Waals surface area contributed by atoms with Crippen LogP contribution in [0.1, 0.15) is 0 Å². The average Bonchev–Trinajstić information content (AvgIpc) is 2.30. The Kier molecular flexibility index (Phi) is 4.89. The Morgan fingerprint density at radius 1 is 1.53 bits per heavy atom. The minimum absolute atomic E-state index is 0.0194. The molecule has 0 bridgehead atoms. The molecule has 3 N–H and O–H groups in total. The molecule has 0 aliphatic carbocycles. The van der Waals surface area contributed by atoms with Crippen molar-refractivity contribution in [1.82, 2.24) is 0 Å². The molecule has 7 nitrogen and oxygen atoms in total. The molecule has 0 amide bonds. The van der Waals surface area contributed by atoms with E-state index in [1.165, 1.54) is 12.1 Å². The molecule has 0 fully saturated rings. The number of nitrogens with one attached hydrogen (secondary N) is 1. The van der Waals surface area contributed by atoms with Gasteiger partial charge >= 0.3 is 0 Å². The maximum absolute atomic E-state index is 10.7. The quantitative estimate of drug-likeness (QED) is 0.239. The van der Waals surface area contributed by atoms with Crippen LogP contribution in [0.5, 0.6) is 0 Å². The number of hydrogen-bond donors (Lipinski definition) is 2. The molecule has 92 valence electrons. The topological polar surface area (TPSA) is 107 Å². The van der Waals surface area contributed by atoms with Crippen LogP contribution in [0.3, 0.4) is 0 Å². The van der Waals surface area contributed by atoms with Gasteiger partial charge in [0, 0.05) is 18.3 Å². The lowest BCUT2D eigenvalue weighted by atomic mass is 10.2. The second-order valence-electron chi connectivity index (χ2n) is 3.20. The second kappa shape index (κ2) is 6.44. The Balaban J connectivity index is 2.58. The summed E-state index contributed by atoms with van der Waals surface area (Å²) in [7, 11) is 0. The van der Waals surface area contributed by atoms with Gasteiger partial charge in [-0.3, -0.25) is 10.1 Å². The molecule has 0 spiro atoms. The Morgan fingerprint density at radius 3 is 2.94 bits per heavy atom. The summed E-state index contributed by atoms with van der Waals surface area (Å²) in [5, 5.41) is 13.6. The summed E-state index contributed by atoms with van der Waals surface area (Å²) in [5.41, 5.74) is 6.09. The standard InChI is InChI=1S/C10H13N3O4/c11-8-1-2-9(10(7-8)13(15)16)12-3-5-17-6-4-14/h1-2,4,7,12H,3,5-6,11H2. The van der Waals surface area contributed by atoms with Gasteiger partial charge in [-0.2, -0.15) is 0 Å². The van der Waals surface area contributed by atoms with Crippen LogP contribution in [0, 0.1) is 10.1 Å². The van der Waals surface area contributed by atoms with Crippen LogP contribution in [0.25, 0.3) is 0 Å². The second-order valence-corrected chi connectivity index (χ2v) is 3.20. The smallest absolute Gasteiger partial charge is 0.294 e. The molecule has 0 saturated heterocycles. The predicted octanol–water partition coefficient (Wildman–Crippen LogP) is 0.804. The molecular weight excluding hydrogens is 226 g/mol. The first-order valence-electron chi connectivity index (χ1n) is 4.94. The number of carbonyl (C=O) groups excluding carboxylic acids is 1. The SMILES string of the molecule is Nc1ccc(NCCOCC=O)c([N+](=O)[O-])c1. The Morgan fingerprint density at radius 2 is 2.29 bits per heavy atom. The number of nitrogen functional groups attached to an aromatic ring is 1. The first-order chi connectivity index (χ1) is 8.15. The van der Waals surface area contributed by atoms with Crippen molar-refractivity contribution in [3.8, 4) is 0 Å². The van der Waals surface area contributed by atoms with Crippen molar-refractivity contribution in [1.29, 1.82) is 0 Å². The third kappa shape index (κ3) is 4.07. The highest BCUT2D eigenvalue weighted by molar-refractivity contribution is 5.66. The number of rotatable bonds is 7. The van der Waals surface area contributed by atoms with Crippen molar-refractivity contribution < 1.29 is 14.5 Å². The lowest BCUT2D eigenvalue weighted by molar-refractivity contribution is -0.383. The number of nitrogens with zero attached hydrogens (tertiary/aromatic N) is 1. The van der Waals surface area contributed by atoms with E-state index in [-0.39, 0.29) is 12.3 Å². The lowest BCUT2D eigenvalue weighted by Crippen LogP contribution is -2.11. The van der Waals surface area contributed by atoms with Crippen molar-refractivity contribution in [2.75, 3.05) is 30.8 Å². The van der Waals surface area contributed by atoms with Crippen LogP contribution in [0.2, 0.25) is 0 Å². The molecular formula is C10H13N3O4. The molecule has 1 aromatic carbocycles. The van der Waals surface area contributed by atoms with Crippen molar-refractivity contribution in [2.45, 2.75) is 0 Å². The van der Waals surface area contributed by atoms with Gasteiger partial charge in [0.15, 0.2) is 0 Å². The van der Waals surface area contributed by atoms with E-state index in [4.69, 9.17) is 10.5 Å². The maximum Gasteiger partial charge on any atom is 0.294 e. The summed E-state index contributed by atoms with van der Waals surface area (Å²) in [5.74, 6) is 0. The minimum Gasteiger partial charge on any atom is -0.399 e. The summed E-state index contributed by atoms with van der Waals surface area (Å²) < 4.78 is 4.90. The van der Waals surface area contributed by atoms with E-state index in [0.717, 1.165) is 0 Å². The number of nitro benzene ring substituents is 1. The number of nitrogens with two attached hydrogens (primary N) is 1. The molecule has 1 rings (SSSR count). The summed E-state index contributed by atoms with van der Waals surface area (Å²) in [6.45, 7) is 0.685. The lowest BCUT2D eigenvalue weighted by Gasteiger charge is -2.07. The Hall–Kier alpha value is -2.15. The van der Waals surface area contributed by atoms with Gasteiger partial charge < -0.3 is 20.6 Å². The highest BCUT2D eigenvalue weighted by Gasteiger charge is 2.13. The van der Waals surface area contributed by atoms with Crippen molar-refractivity contribution in [3.05, 3.63) is 28.3 Å². The van der Waals surface area contributed by atoms with Gasteiger partial charge in [0.1, 0.15) is 18.6 Å². The molecule has 0 aliphatic rings. The summed E-state index contributed by atoms with van der Waals surface area (Å²) >= 11 is 0. The van der Waals surface area contributed by atoms with Crippen LogP contribution in [0.4, 0.5) is 17.1 Å². The first-order valence-corrected chi connectivity index (χ1v) is 4.94. The molecule has 0 unspecified atom stereocenters. The van der Waals surface area contributed by atoms with E-state index in [2.05, 4.69) is 5.32 Å². The largest absolute Gasteiger partial charge is 0.399 e. The van der Waals surface area contributed by atoms with Gasteiger partial charge in [-0.05, 0) is 12.1 Å². The molecule has 0 aromatic heterocycles. The third-order valence-corrected chi connectivity index (χ3v) is 1.97. The van der Waals surface area contributed by atoms with Gasteiger partial charge in [-0.1, -0.05) is 0 Å². The van der Waals surface area contributed by atoms with Crippen LogP contribution in [-0.2, 0) is 9.53 Å². The number of anilines is 2. The Labute approximate surface area is 97.7 Å². The fourth-order valence-electron chi connectivity index (χ4n) is 1.24.